The zero-order valence-corrected chi connectivity index (χ0v) is 45.7. The van der Waals surface area contributed by atoms with Gasteiger partial charge in [0.15, 0.2) is 6.10 Å². The highest BCUT2D eigenvalue weighted by Gasteiger charge is 2.19. The van der Waals surface area contributed by atoms with Crippen molar-refractivity contribution in [3.8, 4) is 0 Å². The van der Waals surface area contributed by atoms with Crippen molar-refractivity contribution in [2.45, 2.75) is 245 Å². The van der Waals surface area contributed by atoms with Gasteiger partial charge in [-0.05, 0) is 116 Å². The van der Waals surface area contributed by atoms with Gasteiger partial charge in [0.25, 0.3) is 0 Å². The first-order valence-corrected chi connectivity index (χ1v) is 28.7. The van der Waals surface area contributed by atoms with Crippen LogP contribution in [-0.4, -0.2) is 37.2 Å². The second-order valence-corrected chi connectivity index (χ2v) is 18.4. The highest BCUT2D eigenvalue weighted by molar-refractivity contribution is 5.71. The predicted octanol–water partition coefficient (Wildman–Crippen LogP) is 19.4. The number of allylic oxidation sites excluding steroid dienone is 22. The van der Waals surface area contributed by atoms with Crippen LogP contribution in [0.2, 0.25) is 0 Å². The molecule has 6 nitrogen and oxygen atoms in total. The van der Waals surface area contributed by atoms with Gasteiger partial charge in [0.05, 0.1) is 0 Å². The van der Waals surface area contributed by atoms with Crippen LogP contribution in [0.15, 0.2) is 134 Å². The van der Waals surface area contributed by atoms with E-state index in [0.29, 0.717) is 25.7 Å². The Morgan fingerprint density at radius 3 is 0.887 bits per heavy atom. The molecular weight excluding hydrogens is 877 g/mol. The van der Waals surface area contributed by atoms with E-state index < -0.39 is 6.10 Å². The first-order valence-electron chi connectivity index (χ1n) is 28.7. The second-order valence-electron chi connectivity index (χ2n) is 18.4. The first kappa shape index (κ1) is 66.6. The lowest BCUT2D eigenvalue weighted by Crippen LogP contribution is -2.30. The van der Waals surface area contributed by atoms with E-state index in [9.17, 15) is 14.4 Å². The van der Waals surface area contributed by atoms with E-state index in [1.165, 1.54) is 51.4 Å². The molecule has 0 aliphatic heterocycles. The molecular formula is C65H104O6. The van der Waals surface area contributed by atoms with Crippen LogP contribution in [0.25, 0.3) is 0 Å². The van der Waals surface area contributed by atoms with E-state index in [4.69, 9.17) is 14.2 Å². The maximum atomic E-state index is 12.8. The van der Waals surface area contributed by atoms with Crippen LogP contribution in [0.1, 0.15) is 239 Å². The fraction of sp³-hybridized carbons (Fsp3) is 0.615. The standard InChI is InChI=1S/C65H104O6/c1-4-7-10-13-16-19-22-24-26-27-28-29-30-31-32-33-34-35-36-37-39-40-43-46-49-52-55-58-64(67)70-61-62(60-69-63(66)57-54-51-48-45-42-21-18-15-12-9-6-3)71-65(68)59-56-53-50-47-44-41-38-25-23-20-17-14-11-8-5-2/h7-8,10-11,16-17,19-20,24-26,28-29,31-32,34-35,37-39,43,46,62H,4-6,9,12-15,18,21-23,27,30,33,36,40-42,44-45,47-61H2,1-3H3/b10-7-,11-8-,19-16-,20-17-,26-24-,29-28-,32-31-,35-34-,38-25-,39-37-,46-43-. The van der Waals surface area contributed by atoms with E-state index in [1.54, 1.807) is 0 Å². The van der Waals surface area contributed by atoms with Crippen LogP contribution < -0.4 is 0 Å². The number of esters is 3. The first-order chi connectivity index (χ1) is 35.0. The van der Waals surface area contributed by atoms with Crippen molar-refractivity contribution in [1.29, 1.82) is 0 Å². The fourth-order valence-corrected chi connectivity index (χ4v) is 7.41. The van der Waals surface area contributed by atoms with Crippen molar-refractivity contribution in [3.05, 3.63) is 134 Å². The van der Waals surface area contributed by atoms with Gasteiger partial charge in [-0.3, -0.25) is 14.4 Å². The Hall–Kier alpha value is -4.45. The SMILES string of the molecule is CC/C=C\C/C=C\C/C=C\C/C=C\C/C=C\C/C=C\C/C=C\C/C=C\CCCCC(=O)OCC(COC(=O)CCCCCCCCCCCCC)OC(=O)CCCCCCC/C=C\C/C=C\C/C=C\CC. The van der Waals surface area contributed by atoms with Crippen LogP contribution in [-0.2, 0) is 28.6 Å². The summed E-state index contributed by atoms with van der Waals surface area (Å²) in [5.41, 5.74) is 0. The number of ether oxygens (including phenoxy) is 3. The molecule has 0 aromatic carbocycles. The van der Waals surface area contributed by atoms with E-state index in [2.05, 4.69) is 154 Å². The van der Waals surface area contributed by atoms with Crippen molar-refractivity contribution in [2.75, 3.05) is 13.2 Å². The minimum Gasteiger partial charge on any atom is -0.462 e. The summed E-state index contributed by atoms with van der Waals surface area (Å²) in [6.45, 7) is 6.34. The summed E-state index contributed by atoms with van der Waals surface area (Å²) in [5, 5.41) is 0. The minimum absolute atomic E-state index is 0.101. The summed E-state index contributed by atoms with van der Waals surface area (Å²) in [7, 11) is 0. The van der Waals surface area contributed by atoms with Gasteiger partial charge in [0.1, 0.15) is 13.2 Å². The Balaban J connectivity index is 4.42. The molecule has 6 heteroatoms. The maximum Gasteiger partial charge on any atom is 0.306 e. The molecule has 0 amide bonds. The van der Waals surface area contributed by atoms with E-state index >= 15 is 0 Å². The molecule has 0 fully saturated rings. The zero-order valence-electron chi connectivity index (χ0n) is 45.7. The quantitative estimate of drug-likeness (QED) is 0.0262. The number of carbonyl (C=O) groups is 3. The average Bonchev–Trinajstić information content (AvgIpc) is 3.37. The van der Waals surface area contributed by atoms with E-state index in [0.717, 1.165) is 141 Å². The summed E-state index contributed by atoms with van der Waals surface area (Å²) in [5.74, 6) is -0.970. The molecule has 1 atom stereocenters. The lowest BCUT2D eigenvalue weighted by Gasteiger charge is -2.18. The van der Waals surface area contributed by atoms with Gasteiger partial charge in [0, 0.05) is 19.3 Å². The van der Waals surface area contributed by atoms with Crippen LogP contribution in [0.3, 0.4) is 0 Å². The van der Waals surface area contributed by atoms with Gasteiger partial charge in [-0.15, -0.1) is 0 Å². The lowest BCUT2D eigenvalue weighted by molar-refractivity contribution is -0.167. The molecule has 0 rings (SSSR count). The third-order valence-corrected chi connectivity index (χ3v) is 11.7. The zero-order chi connectivity index (χ0) is 51.4. The fourth-order valence-electron chi connectivity index (χ4n) is 7.41. The highest BCUT2D eigenvalue weighted by atomic mass is 16.6. The van der Waals surface area contributed by atoms with Gasteiger partial charge < -0.3 is 14.2 Å². The monoisotopic (exact) mass is 981 g/mol. The largest absolute Gasteiger partial charge is 0.462 e. The molecule has 0 saturated heterocycles. The summed E-state index contributed by atoms with van der Waals surface area (Å²) >= 11 is 0. The summed E-state index contributed by atoms with van der Waals surface area (Å²) in [6, 6.07) is 0. The Morgan fingerprint density at radius 2 is 0.549 bits per heavy atom. The summed E-state index contributed by atoms with van der Waals surface area (Å²) in [4.78, 5) is 38.1. The molecule has 0 N–H and O–H groups in total. The second kappa shape index (κ2) is 58.1. The number of rotatable bonds is 50. The van der Waals surface area contributed by atoms with Crippen molar-refractivity contribution in [2.24, 2.45) is 0 Å². The molecule has 0 aliphatic rings. The topological polar surface area (TPSA) is 78.9 Å². The van der Waals surface area contributed by atoms with Crippen molar-refractivity contribution in [3.63, 3.8) is 0 Å². The van der Waals surface area contributed by atoms with Crippen molar-refractivity contribution < 1.29 is 28.6 Å². The third-order valence-electron chi connectivity index (χ3n) is 11.7. The molecule has 0 bridgehead atoms. The van der Waals surface area contributed by atoms with Gasteiger partial charge in [-0.2, -0.15) is 0 Å². The Morgan fingerprint density at radius 1 is 0.296 bits per heavy atom. The molecule has 0 aliphatic carbocycles. The molecule has 71 heavy (non-hydrogen) atoms. The highest BCUT2D eigenvalue weighted by Crippen LogP contribution is 2.14. The van der Waals surface area contributed by atoms with Crippen molar-refractivity contribution >= 4 is 17.9 Å². The molecule has 400 valence electrons. The maximum absolute atomic E-state index is 12.8. The van der Waals surface area contributed by atoms with Crippen LogP contribution in [0.4, 0.5) is 0 Å². The van der Waals surface area contributed by atoms with Gasteiger partial charge in [0.2, 0.25) is 0 Å². The molecule has 0 aromatic rings. The van der Waals surface area contributed by atoms with Crippen LogP contribution in [0, 0.1) is 0 Å². The number of carbonyl (C=O) groups excluding carboxylic acids is 3. The molecule has 0 heterocycles. The molecule has 0 saturated carbocycles. The Labute approximate surface area is 436 Å². The average molecular weight is 982 g/mol. The van der Waals surface area contributed by atoms with Crippen molar-refractivity contribution in [1.82, 2.24) is 0 Å². The Kier molecular flexibility index (Phi) is 54.5. The van der Waals surface area contributed by atoms with Crippen LogP contribution in [0.5, 0.6) is 0 Å². The van der Waals surface area contributed by atoms with E-state index in [1.807, 2.05) is 0 Å². The lowest BCUT2D eigenvalue weighted by atomic mass is 10.1. The summed E-state index contributed by atoms with van der Waals surface area (Å²) < 4.78 is 16.8. The predicted molar refractivity (Wildman–Crippen MR) is 306 cm³/mol. The van der Waals surface area contributed by atoms with Gasteiger partial charge in [-0.1, -0.05) is 238 Å². The number of unbranched alkanes of at least 4 members (excludes halogenated alkanes) is 17. The molecule has 0 spiro atoms. The number of hydrogen-bond donors (Lipinski definition) is 0. The molecule has 0 aromatic heterocycles. The van der Waals surface area contributed by atoms with E-state index in [-0.39, 0.29) is 31.1 Å². The smallest absolute Gasteiger partial charge is 0.306 e. The molecule has 0 radical (unpaired) electrons. The molecule has 1 unspecified atom stereocenters. The Bertz CT molecular complexity index is 1550. The normalized spacial score (nSPS) is 13.1. The minimum atomic E-state index is -0.808. The number of hydrogen-bond acceptors (Lipinski definition) is 6. The van der Waals surface area contributed by atoms with Gasteiger partial charge in [-0.25, -0.2) is 0 Å². The van der Waals surface area contributed by atoms with Gasteiger partial charge >= 0.3 is 17.9 Å². The van der Waals surface area contributed by atoms with Crippen LogP contribution >= 0.6 is 0 Å². The summed E-state index contributed by atoms with van der Waals surface area (Å²) in [6.07, 6.45) is 81.6. The third kappa shape index (κ3) is 56.3.